The minimum absolute atomic E-state index is 0.0864. The number of nitrogens with one attached hydrogen (secondary N) is 1. The predicted molar refractivity (Wildman–Crippen MR) is 100 cm³/mol. The lowest BCUT2D eigenvalue weighted by Gasteiger charge is -2.45. The number of halogens is 1. The summed E-state index contributed by atoms with van der Waals surface area (Å²) < 4.78 is 21.5. The monoisotopic (exact) mass is 388 g/mol. The molecule has 28 heavy (non-hydrogen) atoms. The number of carbonyl (C=O) groups excluding carboxylic acids is 1. The molecule has 2 aliphatic rings. The summed E-state index contributed by atoms with van der Waals surface area (Å²) in [7, 11) is 0. The van der Waals surface area contributed by atoms with E-state index in [1.807, 2.05) is 15.7 Å². The number of imidazole rings is 1. The van der Waals surface area contributed by atoms with Crippen LogP contribution in [0.5, 0.6) is 0 Å². The molecule has 1 saturated heterocycles. The van der Waals surface area contributed by atoms with Crippen molar-refractivity contribution in [3.63, 3.8) is 0 Å². The molecule has 1 N–H and O–H groups in total. The number of ether oxygens (including phenoxy) is 1. The predicted octanol–water partition coefficient (Wildman–Crippen LogP) is 1.48. The van der Waals surface area contributed by atoms with E-state index >= 15 is 0 Å². The molecule has 0 radical (unpaired) electrons. The lowest BCUT2D eigenvalue weighted by atomic mass is 9.88. The van der Waals surface area contributed by atoms with E-state index in [0.717, 1.165) is 5.82 Å². The highest BCUT2D eigenvalue weighted by molar-refractivity contribution is 5.80. The lowest BCUT2D eigenvalue weighted by molar-refractivity contribution is -0.167. The molecule has 150 valence electrons. The molecular formula is C19H25FN6O2. The Balaban J connectivity index is 1.50. The smallest absolute Gasteiger partial charge is 0.251 e. The van der Waals surface area contributed by atoms with Gasteiger partial charge in [0, 0.05) is 44.9 Å². The zero-order valence-corrected chi connectivity index (χ0v) is 16.1. The Bertz CT molecular complexity index is 829. The number of aromatic nitrogens is 4. The van der Waals surface area contributed by atoms with E-state index in [9.17, 15) is 9.18 Å². The Morgan fingerprint density at radius 2 is 2.04 bits per heavy atom. The van der Waals surface area contributed by atoms with Crippen LogP contribution in [0.25, 0.3) is 0 Å². The van der Waals surface area contributed by atoms with Crippen molar-refractivity contribution in [1.29, 1.82) is 0 Å². The highest BCUT2D eigenvalue weighted by Crippen LogP contribution is 2.40. The molecule has 2 aliphatic heterocycles. The summed E-state index contributed by atoms with van der Waals surface area (Å²) >= 11 is 0. The largest absolute Gasteiger partial charge is 0.354 e. The molecule has 0 unspecified atom stereocenters. The lowest BCUT2D eigenvalue weighted by Crippen LogP contribution is -2.54. The zero-order chi connectivity index (χ0) is 19.7. The van der Waals surface area contributed by atoms with Crippen molar-refractivity contribution < 1.29 is 13.9 Å². The molecule has 1 fully saturated rings. The van der Waals surface area contributed by atoms with Gasteiger partial charge in [-0.3, -0.25) is 4.79 Å². The van der Waals surface area contributed by atoms with Gasteiger partial charge in [0.05, 0.1) is 18.9 Å². The minimum Gasteiger partial charge on any atom is -0.354 e. The van der Waals surface area contributed by atoms with E-state index < -0.39 is 17.5 Å². The van der Waals surface area contributed by atoms with Gasteiger partial charge in [-0.1, -0.05) is 13.8 Å². The fraction of sp³-hybridized carbons (Fsp3) is 0.579. The topological polar surface area (TPSA) is 85.2 Å². The summed E-state index contributed by atoms with van der Waals surface area (Å²) in [5.41, 5.74) is -0.613. The molecule has 0 aliphatic carbocycles. The van der Waals surface area contributed by atoms with E-state index in [1.54, 1.807) is 6.20 Å². The number of piperidine rings is 1. The Morgan fingerprint density at radius 1 is 1.32 bits per heavy atom. The maximum absolute atomic E-state index is 13.1. The fourth-order valence-electron chi connectivity index (χ4n) is 3.83. The third kappa shape index (κ3) is 3.58. The first-order chi connectivity index (χ1) is 13.5. The number of hydrogen-bond acceptors (Lipinski definition) is 6. The molecule has 0 bridgehead atoms. The summed E-state index contributed by atoms with van der Waals surface area (Å²) in [6.07, 6.45) is 6.76. The highest BCUT2D eigenvalue weighted by atomic mass is 19.1. The zero-order valence-electron chi connectivity index (χ0n) is 16.1. The van der Waals surface area contributed by atoms with Crippen LogP contribution >= 0.6 is 0 Å². The average molecular weight is 388 g/mol. The van der Waals surface area contributed by atoms with Crippen molar-refractivity contribution in [2.75, 3.05) is 24.5 Å². The maximum atomic E-state index is 13.1. The molecule has 2 aromatic heterocycles. The number of anilines is 1. The van der Waals surface area contributed by atoms with Crippen LogP contribution < -0.4 is 10.2 Å². The first kappa shape index (κ1) is 18.8. The normalized spacial score (nSPS) is 21.0. The van der Waals surface area contributed by atoms with Gasteiger partial charge in [0.25, 0.3) is 5.91 Å². The van der Waals surface area contributed by atoms with E-state index in [-0.39, 0.29) is 5.91 Å². The van der Waals surface area contributed by atoms with Crippen molar-refractivity contribution in [3.8, 4) is 0 Å². The van der Waals surface area contributed by atoms with Crippen LogP contribution in [0.2, 0.25) is 0 Å². The molecule has 4 rings (SSSR count). The third-order valence-electron chi connectivity index (χ3n) is 5.29. The first-order valence-corrected chi connectivity index (χ1v) is 9.66. The number of amides is 1. The molecule has 1 spiro atoms. The van der Waals surface area contributed by atoms with Crippen LogP contribution in [0.4, 0.5) is 10.3 Å². The molecule has 0 saturated carbocycles. The summed E-state index contributed by atoms with van der Waals surface area (Å²) in [6, 6.07) is 0. The first-order valence-electron chi connectivity index (χ1n) is 9.66. The van der Waals surface area contributed by atoms with Crippen LogP contribution in [-0.2, 0) is 21.7 Å². The van der Waals surface area contributed by atoms with Gasteiger partial charge in [0.1, 0.15) is 11.4 Å². The van der Waals surface area contributed by atoms with E-state index in [1.165, 1.54) is 12.4 Å². The van der Waals surface area contributed by atoms with Gasteiger partial charge in [-0.05, 0) is 5.92 Å². The molecule has 2 aromatic rings. The van der Waals surface area contributed by atoms with E-state index in [4.69, 9.17) is 4.74 Å². The molecule has 1 amide bonds. The molecule has 4 heterocycles. The van der Waals surface area contributed by atoms with Crippen LogP contribution in [0.3, 0.4) is 0 Å². The summed E-state index contributed by atoms with van der Waals surface area (Å²) in [6.45, 7) is 6.48. The second-order valence-electron chi connectivity index (χ2n) is 7.83. The minimum atomic E-state index is -0.613. The van der Waals surface area contributed by atoms with Gasteiger partial charge in [-0.25, -0.2) is 19.3 Å². The SMILES string of the molecule is CC(C)CNC(=O)[C@H]1Cn2ccnc2C2(CCN(c3ncc(F)cn3)CC2)O1. The Kier molecular flexibility index (Phi) is 5.01. The molecule has 8 nitrogen and oxygen atoms in total. The van der Waals surface area contributed by atoms with Crippen LogP contribution in [0.15, 0.2) is 24.8 Å². The molecule has 0 aromatic carbocycles. The van der Waals surface area contributed by atoms with Gasteiger partial charge >= 0.3 is 0 Å². The number of nitrogens with zero attached hydrogens (tertiary/aromatic N) is 5. The summed E-state index contributed by atoms with van der Waals surface area (Å²) in [5.74, 6) is 1.20. The molecular weight excluding hydrogens is 363 g/mol. The Hall–Kier alpha value is -2.55. The van der Waals surface area contributed by atoms with E-state index in [2.05, 4.69) is 34.1 Å². The van der Waals surface area contributed by atoms with Crippen molar-refractivity contribution >= 4 is 11.9 Å². The Morgan fingerprint density at radius 3 is 2.71 bits per heavy atom. The van der Waals surface area contributed by atoms with E-state index in [0.29, 0.717) is 50.9 Å². The second-order valence-corrected chi connectivity index (χ2v) is 7.83. The standard InChI is InChI=1S/C19H25FN6O2/c1-13(2)9-22-16(27)15-12-26-8-5-21-17(26)19(28-15)3-6-25(7-4-19)18-23-10-14(20)11-24-18/h5,8,10-11,13,15H,3-4,6-7,9,12H2,1-2H3,(H,22,27)/t15-/m1/s1. The number of hydrogen-bond donors (Lipinski definition) is 1. The van der Waals surface area contributed by atoms with Crippen molar-refractivity contribution in [2.24, 2.45) is 5.92 Å². The van der Waals surface area contributed by atoms with Gasteiger partial charge in [0.15, 0.2) is 11.9 Å². The average Bonchev–Trinajstić information content (AvgIpc) is 3.17. The number of carbonyl (C=O) groups is 1. The van der Waals surface area contributed by atoms with Crippen LogP contribution in [0, 0.1) is 11.7 Å². The van der Waals surface area contributed by atoms with Crippen molar-refractivity contribution in [1.82, 2.24) is 24.8 Å². The molecule has 1 atom stereocenters. The Labute approximate surface area is 163 Å². The highest BCUT2D eigenvalue weighted by Gasteiger charge is 2.47. The number of rotatable bonds is 4. The molecule has 9 heteroatoms. The van der Waals surface area contributed by atoms with Crippen molar-refractivity contribution in [3.05, 3.63) is 36.4 Å². The summed E-state index contributed by atoms with van der Waals surface area (Å²) in [4.78, 5) is 27.3. The third-order valence-corrected chi connectivity index (χ3v) is 5.29. The second kappa shape index (κ2) is 7.46. The summed E-state index contributed by atoms with van der Waals surface area (Å²) in [5, 5.41) is 2.97. The van der Waals surface area contributed by atoms with Gasteiger partial charge in [-0.15, -0.1) is 0 Å². The maximum Gasteiger partial charge on any atom is 0.251 e. The fourth-order valence-corrected chi connectivity index (χ4v) is 3.83. The quantitative estimate of drug-likeness (QED) is 0.854. The van der Waals surface area contributed by atoms with Gasteiger partial charge < -0.3 is 19.5 Å². The number of fused-ring (bicyclic) bond motifs is 2. The van der Waals surface area contributed by atoms with Gasteiger partial charge in [-0.2, -0.15) is 0 Å². The van der Waals surface area contributed by atoms with Gasteiger partial charge in [0.2, 0.25) is 5.95 Å². The van der Waals surface area contributed by atoms with Crippen molar-refractivity contribution in [2.45, 2.75) is 44.9 Å². The van der Waals surface area contributed by atoms with Crippen LogP contribution in [-0.4, -0.2) is 51.2 Å². The van der Waals surface area contributed by atoms with Crippen LogP contribution in [0.1, 0.15) is 32.5 Å².